The standard InChI is InChI=1S/C17H26N2OS/c1-13(2)9-10-18-17(20)12-21-16-7-3-14(4-8-16)11-19-15-5-6-15/h3-4,7-8,13,15,19H,5-6,9-12H2,1-2H3,(H,18,20). The molecule has 21 heavy (non-hydrogen) atoms. The molecule has 1 saturated carbocycles. The molecule has 0 saturated heterocycles. The minimum Gasteiger partial charge on any atom is -0.355 e. The Morgan fingerprint density at radius 2 is 2.00 bits per heavy atom. The second kappa shape index (κ2) is 8.44. The van der Waals surface area contributed by atoms with Gasteiger partial charge < -0.3 is 10.6 Å². The first-order chi connectivity index (χ1) is 10.1. The molecule has 0 bridgehead atoms. The fraction of sp³-hybridized carbons (Fsp3) is 0.588. The van der Waals surface area contributed by atoms with E-state index in [9.17, 15) is 4.79 Å². The molecular formula is C17H26N2OS. The number of carbonyl (C=O) groups excluding carboxylic acids is 1. The highest BCUT2D eigenvalue weighted by Crippen LogP contribution is 2.21. The van der Waals surface area contributed by atoms with Crippen molar-refractivity contribution in [1.82, 2.24) is 10.6 Å². The number of carbonyl (C=O) groups is 1. The molecule has 0 aromatic heterocycles. The van der Waals surface area contributed by atoms with Crippen molar-refractivity contribution in [2.24, 2.45) is 5.92 Å². The minimum absolute atomic E-state index is 0.125. The number of benzene rings is 1. The summed E-state index contributed by atoms with van der Waals surface area (Å²) in [4.78, 5) is 12.9. The van der Waals surface area contributed by atoms with Crippen LogP contribution in [0.1, 0.15) is 38.7 Å². The van der Waals surface area contributed by atoms with Crippen LogP contribution in [0.5, 0.6) is 0 Å². The van der Waals surface area contributed by atoms with Crippen molar-refractivity contribution < 1.29 is 4.79 Å². The van der Waals surface area contributed by atoms with Gasteiger partial charge in [-0.2, -0.15) is 0 Å². The Kier molecular flexibility index (Phi) is 6.58. The summed E-state index contributed by atoms with van der Waals surface area (Å²) in [6.45, 7) is 6.06. The Balaban J connectivity index is 1.64. The zero-order chi connectivity index (χ0) is 15.1. The third-order valence-corrected chi connectivity index (χ3v) is 4.52. The van der Waals surface area contributed by atoms with E-state index in [1.807, 2.05) is 0 Å². The van der Waals surface area contributed by atoms with Crippen LogP contribution in [0.25, 0.3) is 0 Å². The van der Waals surface area contributed by atoms with Gasteiger partial charge in [-0.05, 0) is 42.9 Å². The quantitative estimate of drug-likeness (QED) is 0.688. The van der Waals surface area contributed by atoms with Gasteiger partial charge in [-0.3, -0.25) is 4.79 Å². The fourth-order valence-electron chi connectivity index (χ4n) is 1.95. The van der Waals surface area contributed by atoms with Gasteiger partial charge in [0.1, 0.15) is 0 Å². The van der Waals surface area contributed by atoms with Crippen LogP contribution in [0.3, 0.4) is 0 Å². The number of hydrogen-bond donors (Lipinski definition) is 2. The molecule has 2 rings (SSSR count). The van der Waals surface area contributed by atoms with Crippen molar-refractivity contribution in [3.63, 3.8) is 0 Å². The summed E-state index contributed by atoms with van der Waals surface area (Å²) in [5.41, 5.74) is 1.31. The summed E-state index contributed by atoms with van der Waals surface area (Å²) in [7, 11) is 0. The van der Waals surface area contributed by atoms with E-state index in [2.05, 4.69) is 48.7 Å². The van der Waals surface area contributed by atoms with E-state index >= 15 is 0 Å². The van der Waals surface area contributed by atoms with Crippen LogP contribution in [0.4, 0.5) is 0 Å². The molecule has 116 valence electrons. The fourth-order valence-corrected chi connectivity index (χ4v) is 2.68. The molecule has 1 fully saturated rings. The molecule has 3 nitrogen and oxygen atoms in total. The lowest BCUT2D eigenvalue weighted by Gasteiger charge is -2.07. The number of thioether (sulfide) groups is 1. The smallest absolute Gasteiger partial charge is 0.230 e. The highest BCUT2D eigenvalue weighted by Gasteiger charge is 2.19. The predicted octanol–water partition coefficient (Wildman–Crippen LogP) is 3.19. The van der Waals surface area contributed by atoms with Gasteiger partial charge in [0.2, 0.25) is 5.91 Å². The molecule has 1 aliphatic rings. The second-order valence-electron chi connectivity index (χ2n) is 6.12. The van der Waals surface area contributed by atoms with Gasteiger partial charge in [0, 0.05) is 24.0 Å². The molecule has 1 aromatic carbocycles. The Labute approximate surface area is 132 Å². The average molecular weight is 306 g/mol. The van der Waals surface area contributed by atoms with Gasteiger partial charge in [-0.15, -0.1) is 11.8 Å². The zero-order valence-electron chi connectivity index (χ0n) is 13.0. The third-order valence-electron chi connectivity index (χ3n) is 3.51. The molecule has 1 amide bonds. The van der Waals surface area contributed by atoms with Crippen LogP contribution in [0, 0.1) is 5.92 Å². The van der Waals surface area contributed by atoms with E-state index in [-0.39, 0.29) is 5.91 Å². The first-order valence-corrected chi connectivity index (χ1v) is 8.84. The van der Waals surface area contributed by atoms with Crippen LogP contribution >= 0.6 is 11.8 Å². The lowest BCUT2D eigenvalue weighted by Crippen LogP contribution is -2.26. The van der Waals surface area contributed by atoms with Gasteiger partial charge in [0.25, 0.3) is 0 Å². The van der Waals surface area contributed by atoms with E-state index in [1.165, 1.54) is 18.4 Å². The third kappa shape index (κ3) is 7.00. The van der Waals surface area contributed by atoms with Crippen molar-refractivity contribution in [3.8, 4) is 0 Å². The molecule has 1 aromatic rings. The van der Waals surface area contributed by atoms with Gasteiger partial charge in [0.15, 0.2) is 0 Å². The maximum Gasteiger partial charge on any atom is 0.230 e. The maximum atomic E-state index is 11.7. The van der Waals surface area contributed by atoms with E-state index < -0.39 is 0 Å². The van der Waals surface area contributed by atoms with Crippen LogP contribution in [0.2, 0.25) is 0 Å². The highest BCUT2D eigenvalue weighted by molar-refractivity contribution is 8.00. The molecule has 4 heteroatoms. The number of rotatable bonds is 9. The van der Waals surface area contributed by atoms with Crippen molar-refractivity contribution >= 4 is 17.7 Å². The Morgan fingerprint density at radius 3 is 2.62 bits per heavy atom. The zero-order valence-corrected chi connectivity index (χ0v) is 13.8. The van der Waals surface area contributed by atoms with Gasteiger partial charge in [-0.1, -0.05) is 26.0 Å². The molecule has 0 aliphatic heterocycles. The summed E-state index contributed by atoms with van der Waals surface area (Å²) < 4.78 is 0. The second-order valence-corrected chi connectivity index (χ2v) is 7.17. The minimum atomic E-state index is 0.125. The van der Waals surface area contributed by atoms with Crippen LogP contribution in [0.15, 0.2) is 29.2 Å². The average Bonchev–Trinajstić information content (AvgIpc) is 3.28. The number of nitrogens with one attached hydrogen (secondary N) is 2. The number of hydrogen-bond acceptors (Lipinski definition) is 3. The van der Waals surface area contributed by atoms with Crippen molar-refractivity contribution in [3.05, 3.63) is 29.8 Å². The first kappa shape index (κ1) is 16.4. The van der Waals surface area contributed by atoms with Crippen LogP contribution in [-0.2, 0) is 11.3 Å². The highest BCUT2D eigenvalue weighted by atomic mass is 32.2. The molecule has 0 unspecified atom stereocenters. The Bertz CT molecular complexity index is 441. The molecule has 2 N–H and O–H groups in total. The maximum absolute atomic E-state index is 11.7. The van der Waals surface area contributed by atoms with Gasteiger partial charge in [-0.25, -0.2) is 0 Å². The summed E-state index contributed by atoms with van der Waals surface area (Å²) in [6, 6.07) is 9.25. The van der Waals surface area contributed by atoms with Crippen molar-refractivity contribution in [1.29, 1.82) is 0 Å². The molecule has 1 aliphatic carbocycles. The lowest BCUT2D eigenvalue weighted by atomic mass is 10.1. The van der Waals surface area contributed by atoms with Crippen LogP contribution < -0.4 is 10.6 Å². The summed E-state index contributed by atoms with van der Waals surface area (Å²) in [6.07, 6.45) is 3.68. The van der Waals surface area contributed by atoms with E-state index in [4.69, 9.17) is 0 Å². The van der Waals surface area contributed by atoms with Gasteiger partial charge >= 0.3 is 0 Å². The Morgan fingerprint density at radius 1 is 1.29 bits per heavy atom. The first-order valence-electron chi connectivity index (χ1n) is 7.85. The van der Waals surface area contributed by atoms with E-state index in [0.29, 0.717) is 11.7 Å². The van der Waals surface area contributed by atoms with E-state index in [0.717, 1.165) is 30.4 Å². The number of amides is 1. The van der Waals surface area contributed by atoms with Crippen molar-refractivity contribution in [2.75, 3.05) is 12.3 Å². The largest absolute Gasteiger partial charge is 0.355 e. The van der Waals surface area contributed by atoms with Gasteiger partial charge in [0.05, 0.1) is 5.75 Å². The monoisotopic (exact) mass is 306 g/mol. The SMILES string of the molecule is CC(C)CCNC(=O)CSc1ccc(CNC2CC2)cc1. The summed E-state index contributed by atoms with van der Waals surface area (Å²) in [5.74, 6) is 1.26. The predicted molar refractivity (Wildman–Crippen MR) is 89.5 cm³/mol. The molecule has 0 atom stereocenters. The molecule has 0 radical (unpaired) electrons. The van der Waals surface area contributed by atoms with E-state index in [1.54, 1.807) is 11.8 Å². The lowest BCUT2D eigenvalue weighted by molar-refractivity contribution is -0.118. The molecule has 0 spiro atoms. The Hall–Kier alpha value is -1.00. The van der Waals surface area contributed by atoms with Crippen molar-refractivity contribution in [2.45, 2.75) is 50.6 Å². The summed E-state index contributed by atoms with van der Waals surface area (Å²) >= 11 is 1.60. The topological polar surface area (TPSA) is 41.1 Å². The summed E-state index contributed by atoms with van der Waals surface area (Å²) in [5, 5.41) is 6.47. The molecular weight excluding hydrogens is 280 g/mol. The molecule has 0 heterocycles. The normalized spacial score (nSPS) is 14.4. The van der Waals surface area contributed by atoms with Crippen LogP contribution in [-0.4, -0.2) is 24.2 Å².